The number of hydrogen-bond acceptors (Lipinski definition) is 6. The van der Waals surface area contributed by atoms with E-state index in [-0.39, 0.29) is 31.1 Å². The van der Waals surface area contributed by atoms with Crippen molar-refractivity contribution in [2.24, 2.45) is 0 Å². The first-order valence-corrected chi connectivity index (χ1v) is 35.4. The fraction of sp³-hybridized carbons (Fsp3) is 0.727. The Morgan fingerprint density at radius 3 is 0.735 bits per heavy atom. The molecule has 0 N–H and O–H groups in total. The molecule has 0 amide bonds. The van der Waals surface area contributed by atoms with Gasteiger partial charge in [0.15, 0.2) is 6.10 Å². The Morgan fingerprint density at radius 1 is 0.253 bits per heavy atom. The third-order valence-corrected chi connectivity index (χ3v) is 15.3. The van der Waals surface area contributed by atoms with Gasteiger partial charge in [0.05, 0.1) is 0 Å². The van der Waals surface area contributed by atoms with Crippen LogP contribution in [0.2, 0.25) is 0 Å². The van der Waals surface area contributed by atoms with Crippen LogP contribution in [0, 0.1) is 0 Å². The van der Waals surface area contributed by atoms with Gasteiger partial charge in [-0.25, -0.2) is 0 Å². The molecule has 0 saturated heterocycles. The van der Waals surface area contributed by atoms with Gasteiger partial charge in [-0.1, -0.05) is 329 Å². The Morgan fingerprint density at radius 2 is 0.470 bits per heavy atom. The van der Waals surface area contributed by atoms with E-state index in [0.29, 0.717) is 19.3 Å². The average Bonchev–Trinajstić information content (AvgIpc) is 3.50. The summed E-state index contributed by atoms with van der Waals surface area (Å²) in [6, 6.07) is 0. The molecule has 0 aliphatic rings. The van der Waals surface area contributed by atoms with Crippen molar-refractivity contribution in [2.45, 2.75) is 348 Å². The predicted octanol–water partition coefficient (Wildman–Crippen LogP) is 24.6. The molecule has 1 unspecified atom stereocenters. The van der Waals surface area contributed by atoms with Crippen LogP contribution in [-0.4, -0.2) is 37.2 Å². The molecule has 0 saturated carbocycles. The summed E-state index contributed by atoms with van der Waals surface area (Å²) in [5.74, 6) is -0.875. The predicted molar refractivity (Wildman–Crippen MR) is 362 cm³/mol. The summed E-state index contributed by atoms with van der Waals surface area (Å²) in [6.45, 7) is 6.40. The van der Waals surface area contributed by atoms with E-state index in [1.165, 1.54) is 180 Å². The van der Waals surface area contributed by atoms with Gasteiger partial charge in [0, 0.05) is 19.3 Å². The van der Waals surface area contributed by atoms with Gasteiger partial charge in [-0.3, -0.25) is 14.4 Å². The highest BCUT2D eigenvalue weighted by Crippen LogP contribution is 2.18. The van der Waals surface area contributed by atoms with E-state index in [1.54, 1.807) is 0 Å². The van der Waals surface area contributed by atoms with E-state index in [4.69, 9.17) is 14.2 Å². The van der Waals surface area contributed by atoms with E-state index >= 15 is 0 Å². The van der Waals surface area contributed by atoms with Gasteiger partial charge in [0.25, 0.3) is 0 Å². The minimum Gasteiger partial charge on any atom is -0.462 e. The molecule has 6 heteroatoms. The van der Waals surface area contributed by atoms with E-state index in [1.807, 2.05) is 0 Å². The normalized spacial score (nSPS) is 12.8. The van der Waals surface area contributed by atoms with E-state index in [2.05, 4.69) is 130 Å². The fourth-order valence-corrected chi connectivity index (χ4v) is 10.1. The zero-order chi connectivity index (χ0) is 59.9. The van der Waals surface area contributed by atoms with Crippen molar-refractivity contribution in [3.05, 3.63) is 109 Å². The first-order valence-electron chi connectivity index (χ1n) is 35.4. The molecular formula is C77H132O6. The van der Waals surface area contributed by atoms with Crippen molar-refractivity contribution in [3.8, 4) is 0 Å². The lowest BCUT2D eigenvalue weighted by molar-refractivity contribution is -0.167. The lowest BCUT2D eigenvalue weighted by Crippen LogP contribution is -2.30. The molecule has 0 aromatic carbocycles. The highest BCUT2D eigenvalue weighted by molar-refractivity contribution is 5.71. The first-order chi connectivity index (χ1) is 41.0. The van der Waals surface area contributed by atoms with Crippen LogP contribution in [-0.2, 0) is 28.6 Å². The minimum absolute atomic E-state index is 0.0765. The van der Waals surface area contributed by atoms with Gasteiger partial charge in [-0.05, 0) is 103 Å². The Kier molecular flexibility index (Phi) is 67.2. The standard InChI is InChI=1S/C77H132O6/c1-4-7-10-13-16-18-20-22-24-26-28-30-32-34-35-36-37-38-39-40-41-43-44-46-48-50-52-54-56-58-61-64-67-70-76(79)82-73-74(72-81-75(78)69-66-63-60-15-12-9-6-3)83-77(80)71-68-65-62-59-57-55-53-51-49-47-45-42-33-31-29-27-25-23-21-19-17-14-11-8-5-2/h7-8,10-11,16-19,22-25,28-31,42,45,74H,4-6,9,12-15,20-21,26-27,32-41,43-44,46-73H2,1-3H3/b10-7-,11-8-,18-16-,19-17-,24-22-,25-23-,30-28-,31-29-,45-42-. The number of allylic oxidation sites excluding steroid dienone is 18. The van der Waals surface area contributed by atoms with Crippen molar-refractivity contribution >= 4 is 17.9 Å². The summed E-state index contributed by atoms with van der Waals surface area (Å²) < 4.78 is 16.9. The number of unbranched alkanes of at least 4 members (excludes halogenated alkanes) is 35. The number of carbonyl (C=O) groups is 3. The number of rotatable bonds is 64. The van der Waals surface area contributed by atoms with E-state index in [0.717, 1.165) is 122 Å². The largest absolute Gasteiger partial charge is 0.462 e. The van der Waals surface area contributed by atoms with E-state index in [9.17, 15) is 14.4 Å². The van der Waals surface area contributed by atoms with Crippen LogP contribution in [0.1, 0.15) is 342 Å². The highest BCUT2D eigenvalue weighted by atomic mass is 16.6. The summed E-state index contributed by atoms with van der Waals surface area (Å²) in [4.78, 5) is 38.2. The molecule has 0 rings (SSSR count). The second kappa shape index (κ2) is 70.6. The SMILES string of the molecule is CC/C=C\C/C=C\C/C=C\C/C=C\C/C=C\CCCCCCCCCCCC(=O)OC(COC(=O)CCCCCCCCC)COC(=O)CCCCCCCCCCCCCCCCCCCCCC/C=C\C/C=C\C/C=C\C/C=C\CC. The molecule has 6 nitrogen and oxygen atoms in total. The van der Waals surface area contributed by atoms with Crippen LogP contribution in [0.3, 0.4) is 0 Å². The topological polar surface area (TPSA) is 78.9 Å². The van der Waals surface area contributed by atoms with Crippen molar-refractivity contribution in [1.82, 2.24) is 0 Å². The van der Waals surface area contributed by atoms with Crippen molar-refractivity contribution in [1.29, 1.82) is 0 Å². The van der Waals surface area contributed by atoms with Crippen LogP contribution in [0.4, 0.5) is 0 Å². The second-order valence-corrected chi connectivity index (χ2v) is 23.4. The lowest BCUT2D eigenvalue weighted by atomic mass is 10.0. The van der Waals surface area contributed by atoms with Crippen LogP contribution < -0.4 is 0 Å². The summed E-state index contributed by atoms with van der Waals surface area (Å²) in [5, 5.41) is 0. The summed E-state index contributed by atoms with van der Waals surface area (Å²) in [5.41, 5.74) is 0. The van der Waals surface area contributed by atoms with Gasteiger partial charge >= 0.3 is 17.9 Å². The van der Waals surface area contributed by atoms with Crippen LogP contribution in [0.5, 0.6) is 0 Å². The number of hydrogen-bond donors (Lipinski definition) is 0. The molecule has 0 heterocycles. The number of carbonyl (C=O) groups excluding carboxylic acids is 3. The van der Waals surface area contributed by atoms with Gasteiger partial charge in [0.2, 0.25) is 0 Å². The molecule has 0 spiro atoms. The van der Waals surface area contributed by atoms with Crippen LogP contribution in [0.15, 0.2) is 109 Å². The van der Waals surface area contributed by atoms with Crippen molar-refractivity contribution in [2.75, 3.05) is 13.2 Å². The van der Waals surface area contributed by atoms with E-state index < -0.39 is 6.10 Å². The van der Waals surface area contributed by atoms with Crippen molar-refractivity contribution < 1.29 is 28.6 Å². The molecule has 1 atom stereocenters. The van der Waals surface area contributed by atoms with Crippen LogP contribution in [0.25, 0.3) is 0 Å². The Labute approximate surface area is 514 Å². The smallest absolute Gasteiger partial charge is 0.306 e. The molecule has 0 aromatic rings. The Hall–Kier alpha value is -3.93. The lowest BCUT2D eigenvalue weighted by Gasteiger charge is -2.18. The van der Waals surface area contributed by atoms with Crippen molar-refractivity contribution in [3.63, 3.8) is 0 Å². The van der Waals surface area contributed by atoms with Gasteiger partial charge in [-0.15, -0.1) is 0 Å². The molecule has 476 valence electrons. The molecule has 0 fully saturated rings. The highest BCUT2D eigenvalue weighted by Gasteiger charge is 2.19. The van der Waals surface area contributed by atoms with Gasteiger partial charge in [0.1, 0.15) is 13.2 Å². The average molecular weight is 1150 g/mol. The monoisotopic (exact) mass is 1150 g/mol. The minimum atomic E-state index is -0.779. The third kappa shape index (κ3) is 68.7. The van der Waals surface area contributed by atoms with Crippen LogP contribution >= 0.6 is 0 Å². The maximum Gasteiger partial charge on any atom is 0.306 e. The maximum absolute atomic E-state index is 12.9. The fourth-order valence-electron chi connectivity index (χ4n) is 10.1. The number of esters is 3. The second-order valence-electron chi connectivity index (χ2n) is 23.4. The summed E-state index contributed by atoms with van der Waals surface area (Å²) in [6.07, 6.45) is 97.2. The van der Waals surface area contributed by atoms with Gasteiger partial charge in [-0.2, -0.15) is 0 Å². The Bertz CT molecular complexity index is 1660. The molecule has 0 radical (unpaired) electrons. The zero-order valence-electron chi connectivity index (χ0n) is 54.7. The van der Waals surface area contributed by atoms with Gasteiger partial charge < -0.3 is 14.2 Å². The zero-order valence-corrected chi connectivity index (χ0v) is 54.7. The third-order valence-electron chi connectivity index (χ3n) is 15.3. The summed E-state index contributed by atoms with van der Waals surface area (Å²) in [7, 11) is 0. The quantitative estimate of drug-likeness (QED) is 0.0261. The Balaban J connectivity index is 4.04. The summed E-state index contributed by atoms with van der Waals surface area (Å²) >= 11 is 0. The first kappa shape index (κ1) is 79.1. The molecule has 0 aliphatic carbocycles. The number of ether oxygens (including phenoxy) is 3. The molecular weight excluding hydrogens is 1020 g/mol. The molecule has 0 bridgehead atoms. The molecule has 0 aromatic heterocycles. The molecule has 83 heavy (non-hydrogen) atoms. The maximum atomic E-state index is 12.9. The molecule has 0 aliphatic heterocycles.